The summed E-state index contributed by atoms with van der Waals surface area (Å²) < 4.78 is 0. The van der Waals surface area contributed by atoms with Crippen molar-refractivity contribution in [3.63, 3.8) is 0 Å². The molecule has 0 spiro atoms. The first-order chi connectivity index (χ1) is 8.99. The molecule has 6 nitrogen and oxygen atoms in total. The molecule has 0 aromatic carbocycles. The summed E-state index contributed by atoms with van der Waals surface area (Å²) in [6.45, 7) is 3.31. The van der Waals surface area contributed by atoms with Crippen molar-refractivity contribution in [2.24, 2.45) is 0 Å². The molecular formula is C12H14ClN3O3. The Morgan fingerprint density at radius 2 is 1.79 bits per heavy atom. The number of pyridine rings is 1. The lowest BCUT2D eigenvalue weighted by molar-refractivity contribution is -0.130. The molecular weight excluding hydrogens is 270 g/mol. The molecule has 0 unspecified atom stereocenters. The number of hydrogen-bond donors (Lipinski definition) is 1. The van der Waals surface area contributed by atoms with Crippen LogP contribution in [0.4, 0.5) is 0 Å². The number of nitrogens with zero attached hydrogens (tertiary/aromatic N) is 2. The van der Waals surface area contributed by atoms with E-state index in [1.807, 2.05) is 0 Å². The van der Waals surface area contributed by atoms with Crippen LogP contribution < -0.4 is 5.56 Å². The standard InChI is InChI=1S/C12H14ClN3O3/c1-8(17)15-2-4-16(5-3-15)12(19)10-6-9(13)7-14-11(10)18/h6-7H,2-5H2,1H3,(H,14,18). The predicted octanol–water partition coefficient (Wildman–Crippen LogP) is 0.333. The quantitative estimate of drug-likeness (QED) is 0.807. The normalized spacial score (nSPS) is 15.5. The van der Waals surface area contributed by atoms with Crippen molar-refractivity contribution in [3.8, 4) is 0 Å². The molecule has 0 atom stereocenters. The summed E-state index contributed by atoms with van der Waals surface area (Å²) in [5, 5.41) is 0.310. The molecule has 19 heavy (non-hydrogen) atoms. The predicted molar refractivity (Wildman–Crippen MR) is 70.2 cm³/mol. The highest BCUT2D eigenvalue weighted by molar-refractivity contribution is 6.30. The molecule has 1 fully saturated rings. The molecule has 0 aliphatic carbocycles. The number of amides is 2. The van der Waals surface area contributed by atoms with Crippen molar-refractivity contribution in [1.82, 2.24) is 14.8 Å². The summed E-state index contributed by atoms with van der Waals surface area (Å²) >= 11 is 5.77. The Labute approximate surface area is 115 Å². The molecule has 1 aliphatic rings. The second-order valence-corrected chi connectivity index (χ2v) is 4.80. The van der Waals surface area contributed by atoms with E-state index >= 15 is 0 Å². The van der Waals surface area contributed by atoms with Gasteiger partial charge in [-0.1, -0.05) is 11.6 Å². The molecule has 1 N–H and O–H groups in total. The van der Waals surface area contributed by atoms with Crippen LogP contribution >= 0.6 is 11.6 Å². The Balaban J connectivity index is 2.11. The summed E-state index contributed by atoms with van der Waals surface area (Å²) in [7, 11) is 0. The van der Waals surface area contributed by atoms with E-state index < -0.39 is 5.56 Å². The van der Waals surface area contributed by atoms with E-state index in [-0.39, 0.29) is 17.4 Å². The topological polar surface area (TPSA) is 73.5 Å². The van der Waals surface area contributed by atoms with Gasteiger partial charge in [0.15, 0.2) is 0 Å². The Bertz CT molecular complexity index is 562. The second-order valence-electron chi connectivity index (χ2n) is 4.36. The van der Waals surface area contributed by atoms with Crippen LogP contribution in [0.2, 0.25) is 5.02 Å². The minimum Gasteiger partial charge on any atom is -0.339 e. The smallest absolute Gasteiger partial charge is 0.260 e. The van der Waals surface area contributed by atoms with E-state index in [2.05, 4.69) is 4.98 Å². The zero-order valence-corrected chi connectivity index (χ0v) is 11.2. The fourth-order valence-corrected chi connectivity index (χ4v) is 2.17. The maximum absolute atomic E-state index is 12.2. The summed E-state index contributed by atoms with van der Waals surface area (Å²) in [5.41, 5.74) is -0.424. The van der Waals surface area contributed by atoms with Gasteiger partial charge in [-0.05, 0) is 6.07 Å². The van der Waals surface area contributed by atoms with Crippen LogP contribution in [0.25, 0.3) is 0 Å². The van der Waals surface area contributed by atoms with Crippen molar-refractivity contribution >= 4 is 23.4 Å². The largest absolute Gasteiger partial charge is 0.339 e. The second kappa shape index (κ2) is 5.44. The molecule has 102 valence electrons. The van der Waals surface area contributed by atoms with E-state index in [0.717, 1.165) is 0 Å². The van der Waals surface area contributed by atoms with Crippen LogP contribution in [0, 0.1) is 0 Å². The molecule has 1 aliphatic heterocycles. The molecule has 1 aromatic rings. The van der Waals surface area contributed by atoms with Gasteiger partial charge in [-0.2, -0.15) is 0 Å². The number of hydrogen-bond acceptors (Lipinski definition) is 3. The lowest BCUT2D eigenvalue weighted by atomic mass is 10.2. The average Bonchev–Trinajstić information content (AvgIpc) is 2.41. The summed E-state index contributed by atoms with van der Waals surface area (Å²) in [6, 6.07) is 1.36. The van der Waals surface area contributed by atoms with Crippen LogP contribution in [0.15, 0.2) is 17.1 Å². The monoisotopic (exact) mass is 283 g/mol. The van der Waals surface area contributed by atoms with Crippen molar-refractivity contribution < 1.29 is 9.59 Å². The summed E-state index contributed by atoms with van der Waals surface area (Å²) in [4.78, 5) is 40.6. The van der Waals surface area contributed by atoms with Crippen LogP contribution in [-0.2, 0) is 4.79 Å². The summed E-state index contributed by atoms with van der Waals surface area (Å²) in [5.74, 6) is -0.361. The number of halogens is 1. The van der Waals surface area contributed by atoms with Gasteiger partial charge in [0.05, 0.1) is 5.02 Å². The van der Waals surface area contributed by atoms with E-state index in [0.29, 0.717) is 31.2 Å². The first-order valence-corrected chi connectivity index (χ1v) is 6.30. The van der Waals surface area contributed by atoms with Gasteiger partial charge in [0, 0.05) is 39.3 Å². The van der Waals surface area contributed by atoms with Gasteiger partial charge in [-0.25, -0.2) is 0 Å². The lowest BCUT2D eigenvalue weighted by Gasteiger charge is -2.34. The molecule has 1 saturated heterocycles. The highest BCUT2D eigenvalue weighted by Crippen LogP contribution is 2.10. The SMILES string of the molecule is CC(=O)N1CCN(C(=O)c2cc(Cl)c[nH]c2=O)CC1. The van der Waals surface area contributed by atoms with Gasteiger partial charge >= 0.3 is 0 Å². The van der Waals surface area contributed by atoms with Crippen molar-refractivity contribution in [1.29, 1.82) is 0 Å². The van der Waals surface area contributed by atoms with E-state index in [1.54, 1.807) is 9.80 Å². The third-order valence-electron chi connectivity index (χ3n) is 3.11. The number of piperazine rings is 1. The Morgan fingerprint density at radius 3 is 2.37 bits per heavy atom. The van der Waals surface area contributed by atoms with Crippen molar-refractivity contribution in [2.45, 2.75) is 6.92 Å². The number of nitrogens with one attached hydrogen (secondary N) is 1. The highest BCUT2D eigenvalue weighted by Gasteiger charge is 2.24. The minimum atomic E-state index is -0.455. The first kappa shape index (κ1) is 13.6. The molecule has 2 heterocycles. The Morgan fingerprint density at radius 1 is 1.21 bits per heavy atom. The highest BCUT2D eigenvalue weighted by atomic mass is 35.5. The van der Waals surface area contributed by atoms with Gasteiger partial charge in [0.25, 0.3) is 11.5 Å². The third-order valence-corrected chi connectivity index (χ3v) is 3.33. The first-order valence-electron chi connectivity index (χ1n) is 5.92. The number of carbonyl (C=O) groups is 2. The Kier molecular flexibility index (Phi) is 3.90. The number of H-pyrrole nitrogens is 1. The Hall–Kier alpha value is -1.82. The van der Waals surface area contributed by atoms with Crippen LogP contribution in [0.3, 0.4) is 0 Å². The molecule has 1 aromatic heterocycles. The van der Waals surface area contributed by atoms with Gasteiger partial charge < -0.3 is 14.8 Å². The molecule has 7 heteroatoms. The average molecular weight is 284 g/mol. The molecule has 0 saturated carbocycles. The third kappa shape index (κ3) is 2.96. The van der Waals surface area contributed by atoms with Gasteiger partial charge in [-0.3, -0.25) is 14.4 Å². The zero-order chi connectivity index (χ0) is 14.0. The zero-order valence-electron chi connectivity index (χ0n) is 10.5. The van der Waals surface area contributed by atoms with Gasteiger partial charge in [0.2, 0.25) is 5.91 Å². The minimum absolute atomic E-state index is 0.00676. The van der Waals surface area contributed by atoms with E-state index in [4.69, 9.17) is 11.6 Å². The summed E-state index contributed by atoms with van der Waals surface area (Å²) in [6.07, 6.45) is 1.34. The number of aromatic amines is 1. The number of rotatable bonds is 1. The molecule has 2 rings (SSSR count). The van der Waals surface area contributed by atoms with Crippen LogP contribution in [0.1, 0.15) is 17.3 Å². The number of aromatic nitrogens is 1. The number of carbonyl (C=O) groups excluding carboxylic acids is 2. The van der Waals surface area contributed by atoms with E-state index in [9.17, 15) is 14.4 Å². The fraction of sp³-hybridized carbons (Fsp3) is 0.417. The molecule has 0 bridgehead atoms. The lowest BCUT2D eigenvalue weighted by Crippen LogP contribution is -2.50. The fourth-order valence-electron chi connectivity index (χ4n) is 2.01. The maximum Gasteiger partial charge on any atom is 0.260 e. The van der Waals surface area contributed by atoms with Crippen LogP contribution in [0.5, 0.6) is 0 Å². The van der Waals surface area contributed by atoms with E-state index in [1.165, 1.54) is 19.2 Å². The van der Waals surface area contributed by atoms with Crippen LogP contribution in [-0.4, -0.2) is 52.8 Å². The van der Waals surface area contributed by atoms with Gasteiger partial charge in [-0.15, -0.1) is 0 Å². The molecule has 2 amide bonds. The van der Waals surface area contributed by atoms with Gasteiger partial charge in [0.1, 0.15) is 5.56 Å². The van der Waals surface area contributed by atoms with Crippen molar-refractivity contribution in [3.05, 3.63) is 33.2 Å². The van der Waals surface area contributed by atoms with Crippen molar-refractivity contribution in [2.75, 3.05) is 26.2 Å². The molecule has 0 radical (unpaired) electrons. The maximum atomic E-state index is 12.2.